The van der Waals surface area contributed by atoms with Gasteiger partial charge in [0.25, 0.3) is 0 Å². The van der Waals surface area contributed by atoms with Crippen LogP contribution in [-0.2, 0) is 0 Å². The van der Waals surface area contributed by atoms with Crippen LogP contribution in [-0.4, -0.2) is 18.2 Å². The zero-order valence-corrected chi connectivity index (χ0v) is 14.5. The molecule has 5 rings (SSSR count). The summed E-state index contributed by atoms with van der Waals surface area (Å²) >= 11 is 0. The van der Waals surface area contributed by atoms with E-state index < -0.39 is 8.56 Å². The van der Waals surface area contributed by atoms with Crippen LogP contribution >= 0.6 is 0 Å². The Kier molecular flexibility index (Phi) is 3.00. The lowest BCUT2D eigenvalue weighted by atomic mass is 9.94. The van der Waals surface area contributed by atoms with Gasteiger partial charge in [0, 0.05) is 5.19 Å². The molecule has 0 radical (unpaired) electrons. The molecule has 0 heterocycles. The van der Waals surface area contributed by atoms with Gasteiger partial charge < -0.3 is 9.59 Å². The zero-order valence-electron chi connectivity index (χ0n) is 13.5. The first kappa shape index (κ1) is 14.6. The van der Waals surface area contributed by atoms with Crippen LogP contribution in [0.1, 0.15) is 0 Å². The van der Waals surface area contributed by atoms with Crippen molar-refractivity contribution >= 4 is 51.3 Å². The normalized spacial score (nSPS) is 12.4. The van der Waals surface area contributed by atoms with Gasteiger partial charge in [0.2, 0.25) is 0 Å². The second-order valence-electron chi connectivity index (χ2n) is 6.51. The van der Waals surface area contributed by atoms with Crippen molar-refractivity contribution in [2.75, 3.05) is 0 Å². The van der Waals surface area contributed by atoms with Crippen LogP contribution in [0.3, 0.4) is 0 Å². The van der Waals surface area contributed by atoms with E-state index in [1.165, 1.54) is 16.2 Å². The third-order valence-corrected chi connectivity index (χ3v) is 7.41. The predicted octanol–water partition coefficient (Wildman–Crippen LogP) is 3.13. The molecule has 0 spiro atoms. The average Bonchev–Trinajstić information content (AvgIpc) is 2.66. The Bertz CT molecular complexity index is 1200. The van der Waals surface area contributed by atoms with Crippen molar-refractivity contribution in [3.8, 4) is 0 Å². The monoisotopic (exact) mass is 340 g/mol. The van der Waals surface area contributed by atoms with Gasteiger partial charge in [0.05, 0.1) is 0 Å². The van der Waals surface area contributed by atoms with Gasteiger partial charge in [-0.25, -0.2) is 0 Å². The smallest absolute Gasteiger partial charge is 0.402 e. The van der Waals surface area contributed by atoms with Gasteiger partial charge in [-0.3, -0.25) is 0 Å². The van der Waals surface area contributed by atoms with Crippen molar-refractivity contribution in [3.05, 3.63) is 84.9 Å². The fourth-order valence-corrected chi connectivity index (χ4v) is 5.73. The molecule has 5 aromatic rings. The highest BCUT2D eigenvalue weighted by Crippen LogP contribution is 2.33. The Labute approximate surface area is 146 Å². The van der Waals surface area contributed by atoms with E-state index in [1.807, 2.05) is 36.4 Å². The van der Waals surface area contributed by atoms with Gasteiger partial charge in [-0.1, -0.05) is 84.9 Å². The topological polar surface area (TPSA) is 40.5 Å². The highest BCUT2D eigenvalue weighted by atomic mass is 28.4. The number of rotatable bonds is 2. The lowest BCUT2D eigenvalue weighted by molar-refractivity contribution is 0.402. The maximum absolute atomic E-state index is 11.1. The second kappa shape index (κ2) is 5.13. The molecule has 5 aromatic carbocycles. The van der Waals surface area contributed by atoms with Crippen molar-refractivity contribution in [1.29, 1.82) is 0 Å². The summed E-state index contributed by atoms with van der Waals surface area (Å²) in [6.45, 7) is 0. The molecule has 120 valence electrons. The Balaban J connectivity index is 1.91. The molecule has 0 amide bonds. The van der Waals surface area contributed by atoms with Crippen LogP contribution in [0.5, 0.6) is 0 Å². The molecule has 0 bridgehead atoms. The van der Waals surface area contributed by atoms with Gasteiger partial charge in [0.1, 0.15) is 0 Å². The maximum atomic E-state index is 11.1. The van der Waals surface area contributed by atoms with E-state index in [1.54, 1.807) is 12.1 Å². The highest BCUT2D eigenvalue weighted by molar-refractivity contribution is 6.92. The summed E-state index contributed by atoms with van der Waals surface area (Å²) in [7, 11) is -3.75. The summed E-state index contributed by atoms with van der Waals surface area (Å²) in [6, 6.07) is 27.6. The lowest BCUT2D eigenvalue weighted by Gasteiger charge is -2.22. The minimum absolute atomic E-state index is 0.602. The van der Waals surface area contributed by atoms with Crippen LogP contribution in [0, 0.1) is 0 Å². The van der Waals surface area contributed by atoms with E-state index >= 15 is 0 Å². The lowest BCUT2D eigenvalue weighted by Crippen LogP contribution is -2.59. The van der Waals surface area contributed by atoms with E-state index in [4.69, 9.17) is 0 Å². The van der Waals surface area contributed by atoms with Crippen molar-refractivity contribution < 1.29 is 9.59 Å². The van der Waals surface area contributed by atoms with Crippen LogP contribution < -0.4 is 10.4 Å². The zero-order chi connectivity index (χ0) is 17.0. The van der Waals surface area contributed by atoms with Crippen LogP contribution in [0.2, 0.25) is 0 Å². The van der Waals surface area contributed by atoms with E-state index in [2.05, 4.69) is 36.4 Å². The third-order valence-electron chi connectivity index (χ3n) is 5.08. The molecule has 25 heavy (non-hydrogen) atoms. The standard InChI is InChI=1S/C22H16O2Si/c23-25(24,18-7-2-1-3-8-18)20-14-12-17-10-9-15-5-4-6-16-11-13-19(20)22(17)21(15)16/h1-14,23-24H. The Morgan fingerprint density at radius 1 is 0.520 bits per heavy atom. The Morgan fingerprint density at radius 3 is 1.84 bits per heavy atom. The average molecular weight is 340 g/mol. The molecule has 0 atom stereocenters. The molecule has 3 heteroatoms. The first-order valence-corrected chi connectivity index (χ1v) is 10.2. The Morgan fingerprint density at radius 2 is 1.12 bits per heavy atom. The van der Waals surface area contributed by atoms with E-state index in [0.29, 0.717) is 10.4 Å². The molecule has 0 aliphatic heterocycles. The van der Waals surface area contributed by atoms with Crippen LogP contribution in [0.4, 0.5) is 0 Å². The van der Waals surface area contributed by atoms with Gasteiger partial charge in [0.15, 0.2) is 0 Å². The molecule has 0 aromatic heterocycles. The van der Waals surface area contributed by atoms with E-state index in [9.17, 15) is 9.59 Å². The molecule has 0 fully saturated rings. The number of hydrogen-bond acceptors (Lipinski definition) is 2. The van der Waals surface area contributed by atoms with Crippen LogP contribution in [0.25, 0.3) is 32.3 Å². The molecular weight excluding hydrogens is 324 g/mol. The quantitative estimate of drug-likeness (QED) is 0.383. The van der Waals surface area contributed by atoms with E-state index in [0.717, 1.165) is 16.2 Å². The summed E-state index contributed by atoms with van der Waals surface area (Å²) in [5.74, 6) is 0. The van der Waals surface area contributed by atoms with Gasteiger partial charge in [-0.15, -0.1) is 0 Å². The molecule has 0 unspecified atom stereocenters. The van der Waals surface area contributed by atoms with Crippen molar-refractivity contribution in [3.63, 3.8) is 0 Å². The number of hydrogen-bond donors (Lipinski definition) is 2. The minimum Gasteiger partial charge on any atom is -0.404 e. The summed E-state index contributed by atoms with van der Waals surface area (Å²) in [4.78, 5) is 22.2. The molecule has 0 aliphatic carbocycles. The Hall–Kier alpha value is -2.72. The summed E-state index contributed by atoms with van der Waals surface area (Å²) < 4.78 is 0. The summed E-state index contributed by atoms with van der Waals surface area (Å²) in [5.41, 5.74) is 0. The van der Waals surface area contributed by atoms with Crippen LogP contribution in [0.15, 0.2) is 84.9 Å². The minimum atomic E-state index is -3.75. The summed E-state index contributed by atoms with van der Waals surface area (Å²) in [6.07, 6.45) is 0. The third kappa shape index (κ3) is 2.04. The first-order chi connectivity index (χ1) is 12.2. The first-order valence-electron chi connectivity index (χ1n) is 8.33. The molecule has 2 N–H and O–H groups in total. The largest absolute Gasteiger partial charge is 0.404 e. The highest BCUT2D eigenvalue weighted by Gasteiger charge is 2.36. The van der Waals surface area contributed by atoms with Crippen molar-refractivity contribution in [2.45, 2.75) is 0 Å². The summed E-state index contributed by atoms with van der Waals surface area (Å²) in [5, 5.41) is 7.96. The molecule has 2 nitrogen and oxygen atoms in total. The SMILES string of the molecule is O[Si](O)(c1ccccc1)c1ccc2ccc3cccc4ccc1c2c34. The van der Waals surface area contributed by atoms with E-state index in [-0.39, 0.29) is 0 Å². The van der Waals surface area contributed by atoms with Gasteiger partial charge >= 0.3 is 8.56 Å². The van der Waals surface area contributed by atoms with Crippen molar-refractivity contribution in [1.82, 2.24) is 0 Å². The molecule has 0 saturated carbocycles. The maximum Gasteiger partial charge on any atom is 0.402 e. The van der Waals surface area contributed by atoms with Gasteiger partial charge in [-0.2, -0.15) is 0 Å². The fourth-order valence-electron chi connectivity index (χ4n) is 3.87. The molecule has 0 saturated heterocycles. The molecular formula is C22H16O2Si. The van der Waals surface area contributed by atoms with Crippen molar-refractivity contribution in [2.24, 2.45) is 0 Å². The molecule has 0 aliphatic rings. The second-order valence-corrected chi connectivity index (χ2v) is 8.97. The number of benzene rings is 5. The van der Waals surface area contributed by atoms with Gasteiger partial charge in [-0.05, 0) is 37.5 Å². The predicted molar refractivity (Wildman–Crippen MR) is 106 cm³/mol. The fraction of sp³-hybridized carbons (Fsp3) is 0.